The fraction of sp³-hybridized carbons (Fsp3) is 0.350. The molecule has 0 heterocycles. The lowest BCUT2D eigenvalue weighted by molar-refractivity contribution is -0.134. The van der Waals surface area contributed by atoms with Crippen LogP contribution in [-0.4, -0.2) is 12.6 Å². The van der Waals surface area contributed by atoms with E-state index in [1.54, 1.807) is 6.07 Å². The van der Waals surface area contributed by atoms with E-state index in [1.807, 2.05) is 38.1 Å². The van der Waals surface area contributed by atoms with Gasteiger partial charge in [0, 0.05) is 6.42 Å². The van der Waals surface area contributed by atoms with Gasteiger partial charge in [0.1, 0.15) is 0 Å². The minimum atomic E-state index is -0.235. The molecular weight excluding hydrogens is 288 g/mol. The molecule has 0 aliphatic heterocycles. The molecule has 0 N–H and O–H groups in total. The van der Waals surface area contributed by atoms with Crippen molar-refractivity contribution in [1.82, 2.24) is 0 Å². The third kappa shape index (κ3) is 4.85. The Kier molecular flexibility index (Phi) is 6.21. The van der Waals surface area contributed by atoms with Gasteiger partial charge in [-0.25, -0.2) is 0 Å². The number of ether oxygens (including phenoxy) is 2. The lowest BCUT2D eigenvalue weighted by atomic mass is 10.0. The van der Waals surface area contributed by atoms with Crippen LogP contribution in [0.5, 0.6) is 11.5 Å². The Labute approximate surface area is 138 Å². The van der Waals surface area contributed by atoms with Crippen LogP contribution in [0.1, 0.15) is 37.0 Å². The molecule has 0 fully saturated rings. The van der Waals surface area contributed by atoms with Gasteiger partial charge < -0.3 is 9.47 Å². The molecule has 3 nitrogen and oxygen atoms in total. The fourth-order valence-corrected chi connectivity index (χ4v) is 2.52. The summed E-state index contributed by atoms with van der Waals surface area (Å²) < 4.78 is 11.0. The number of carbonyl (C=O) groups is 1. The van der Waals surface area contributed by atoms with Crippen molar-refractivity contribution in [2.75, 3.05) is 6.61 Å². The number of hydrogen-bond donors (Lipinski definition) is 0. The van der Waals surface area contributed by atoms with Crippen LogP contribution in [0.3, 0.4) is 0 Å². The second kappa shape index (κ2) is 8.37. The van der Waals surface area contributed by atoms with Crippen LogP contribution in [-0.2, 0) is 17.6 Å². The molecule has 122 valence electrons. The average Bonchev–Trinajstić information content (AvgIpc) is 2.56. The van der Waals surface area contributed by atoms with Crippen molar-refractivity contribution in [2.24, 2.45) is 0 Å². The highest BCUT2D eigenvalue weighted by atomic mass is 16.6. The molecule has 2 aromatic rings. The lowest BCUT2D eigenvalue weighted by Crippen LogP contribution is -2.11. The van der Waals surface area contributed by atoms with E-state index in [9.17, 15) is 4.79 Å². The van der Waals surface area contributed by atoms with E-state index in [4.69, 9.17) is 9.47 Å². The van der Waals surface area contributed by atoms with Crippen molar-refractivity contribution >= 4 is 5.97 Å². The number of carbonyl (C=O) groups excluding carboxylic acids is 1. The predicted octanol–water partition coefficient (Wildman–Crippen LogP) is 4.49. The van der Waals surface area contributed by atoms with Crippen molar-refractivity contribution in [2.45, 2.75) is 40.0 Å². The maximum Gasteiger partial charge on any atom is 0.311 e. The summed E-state index contributed by atoms with van der Waals surface area (Å²) in [6.45, 7) is 6.56. The van der Waals surface area contributed by atoms with E-state index in [1.165, 1.54) is 11.1 Å². The molecule has 0 aliphatic carbocycles. The van der Waals surface area contributed by atoms with E-state index in [-0.39, 0.29) is 5.97 Å². The summed E-state index contributed by atoms with van der Waals surface area (Å²) >= 11 is 0. The SMILES string of the molecule is CCOc1cc(C)ccc1OC(=O)CCc1ccccc1CC. The topological polar surface area (TPSA) is 35.5 Å². The van der Waals surface area contributed by atoms with Crippen LogP contribution in [0.15, 0.2) is 42.5 Å². The minimum Gasteiger partial charge on any atom is -0.490 e. The minimum absolute atomic E-state index is 0.235. The summed E-state index contributed by atoms with van der Waals surface area (Å²) in [5.74, 6) is 0.877. The normalized spacial score (nSPS) is 10.4. The van der Waals surface area contributed by atoms with Crippen LogP contribution in [0.25, 0.3) is 0 Å². The molecule has 0 amide bonds. The Hall–Kier alpha value is -2.29. The Morgan fingerprint density at radius 2 is 1.74 bits per heavy atom. The molecule has 0 bridgehead atoms. The molecule has 0 aromatic heterocycles. The largest absolute Gasteiger partial charge is 0.490 e. The molecule has 0 saturated heterocycles. The molecule has 23 heavy (non-hydrogen) atoms. The summed E-state index contributed by atoms with van der Waals surface area (Å²) in [5.41, 5.74) is 3.57. The zero-order valence-electron chi connectivity index (χ0n) is 14.1. The van der Waals surface area contributed by atoms with Crippen molar-refractivity contribution in [1.29, 1.82) is 0 Å². The van der Waals surface area contributed by atoms with Crippen LogP contribution in [0.2, 0.25) is 0 Å². The maximum absolute atomic E-state index is 12.1. The first-order valence-corrected chi connectivity index (χ1v) is 8.15. The maximum atomic E-state index is 12.1. The van der Waals surface area contributed by atoms with E-state index in [2.05, 4.69) is 19.1 Å². The Balaban J connectivity index is 2.00. The molecule has 0 spiro atoms. The van der Waals surface area contributed by atoms with Crippen LogP contribution >= 0.6 is 0 Å². The molecule has 0 aliphatic rings. The van der Waals surface area contributed by atoms with E-state index < -0.39 is 0 Å². The molecule has 3 heteroatoms. The molecule has 2 aromatic carbocycles. The first-order valence-electron chi connectivity index (χ1n) is 8.15. The number of hydrogen-bond acceptors (Lipinski definition) is 3. The van der Waals surface area contributed by atoms with E-state index in [0.29, 0.717) is 30.9 Å². The summed E-state index contributed by atoms with van der Waals surface area (Å²) in [7, 11) is 0. The monoisotopic (exact) mass is 312 g/mol. The van der Waals surface area contributed by atoms with Gasteiger partial charge in [-0.05, 0) is 55.5 Å². The van der Waals surface area contributed by atoms with Gasteiger partial charge in [0.15, 0.2) is 11.5 Å². The highest BCUT2D eigenvalue weighted by Crippen LogP contribution is 2.28. The van der Waals surface area contributed by atoms with Crippen LogP contribution in [0, 0.1) is 6.92 Å². The third-order valence-electron chi connectivity index (χ3n) is 3.72. The summed E-state index contributed by atoms with van der Waals surface area (Å²) in [4.78, 5) is 12.1. The molecule has 2 rings (SSSR count). The third-order valence-corrected chi connectivity index (χ3v) is 3.72. The van der Waals surface area contributed by atoms with Gasteiger partial charge in [0.05, 0.1) is 6.61 Å². The van der Waals surface area contributed by atoms with Gasteiger partial charge in [0.2, 0.25) is 0 Å². The van der Waals surface area contributed by atoms with E-state index >= 15 is 0 Å². The highest BCUT2D eigenvalue weighted by molar-refractivity contribution is 5.73. The van der Waals surface area contributed by atoms with Gasteiger partial charge in [0.25, 0.3) is 0 Å². The van der Waals surface area contributed by atoms with Gasteiger partial charge in [-0.3, -0.25) is 4.79 Å². The van der Waals surface area contributed by atoms with Crippen molar-refractivity contribution in [3.05, 3.63) is 59.2 Å². The second-order valence-electron chi connectivity index (χ2n) is 5.48. The number of rotatable bonds is 7. The Morgan fingerprint density at radius 1 is 1.00 bits per heavy atom. The summed E-state index contributed by atoms with van der Waals surface area (Å²) in [6.07, 6.45) is 2.02. The predicted molar refractivity (Wildman–Crippen MR) is 92.1 cm³/mol. The van der Waals surface area contributed by atoms with Crippen molar-refractivity contribution in [3.63, 3.8) is 0 Å². The van der Waals surface area contributed by atoms with Gasteiger partial charge >= 0.3 is 5.97 Å². The smallest absolute Gasteiger partial charge is 0.311 e. The fourth-order valence-electron chi connectivity index (χ4n) is 2.52. The Morgan fingerprint density at radius 3 is 2.43 bits per heavy atom. The summed E-state index contributed by atoms with van der Waals surface area (Å²) in [5, 5.41) is 0. The van der Waals surface area contributed by atoms with E-state index in [0.717, 1.165) is 12.0 Å². The quantitative estimate of drug-likeness (QED) is 0.558. The molecular formula is C20H24O3. The van der Waals surface area contributed by atoms with Crippen molar-refractivity contribution < 1.29 is 14.3 Å². The number of aryl methyl sites for hydroxylation is 3. The highest BCUT2D eigenvalue weighted by Gasteiger charge is 2.11. The number of benzene rings is 2. The summed E-state index contributed by atoms with van der Waals surface area (Å²) in [6, 6.07) is 13.8. The molecule has 0 radical (unpaired) electrons. The molecule has 0 atom stereocenters. The average molecular weight is 312 g/mol. The standard InChI is InChI=1S/C20H24O3/c1-4-16-8-6-7-9-17(16)11-13-20(21)23-18-12-10-15(3)14-19(18)22-5-2/h6-10,12,14H,4-5,11,13H2,1-3H3. The second-order valence-corrected chi connectivity index (χ2v) is 5.48. The number of esters is 1. The first-order chi connectivity index (χ1) is 11.1. The van der Waals surface area contributed by atoms with Crippen LogP contribution in [0.4, 0.5) is 0 Å². The first kappa shape index (κ1) is 17.1. The van der Waals surface area contributed by atoms with Gasteiger partial charge in [-0.15, -0.1) is 0 Å². The zero-order valence-corrected chi connectivity index (χ0v) is 14.1. The molecule has 0 unspecified atom stereocenters. The van der Waals surface area contributed by atoms with Gasteiger partial charge in [-0.2, -0.15) is 0 Å². The van der Waals surface area contributed by atoms with Crippen LogP contribution < -0.4 is 9.47 Å². The molecule has 0 saturated carbocycles. The zero-order chi connectivity index (χ0) is 16.7. The van der Waals surface area contributed by atoms with Crippen molar-refractivity contribution in [3.8, 4) is 11.5 Å². The van der Waals surface area contributed by atoms with Gasteiger partial charge in [-0.1, -0.05) is 37.3 Å². The lowest BCUT2D eigenvalue weighted by Gasteiger charge is -2.12. The Bertz CT molecular complexity index is 662.